The Bertz CT molecular complexity index is 467. The van der Waals surface area contributed by atoms with E-state index in [0.29, 0.717) is 12.3 Å². The van der Waals surface area contributed by atoms with E-state index in [2.05, 4.69) is 5.09 Å². The molecular weight excluding hydrogens is 309 g/mol. The largest absolute Gasteiger partial charge is 0.395 e. The average Bonchev–Trinajstić information content (AvgIpc) is 2.50. The lowest BCUT2D eigenvalue weighted by Crippen LogP contribution is -2.26. The van der Waals surface area contributed by atoms with Gasteiger partial charge >= 0.3 is 0 Å². The van der Waals surface area contributed by atoms with Crippen LogP contribution in [0.1, 0.15) is 19.4 Å². The SMILES string of the molecule is CC(C)(CO)C(=O)SCCO[PH](=O)NCc1ccccc1. The Kier molecular flexibility index (Phi) is 8.22. The summed E-state index contributed by atoms with van der Waals surface area (Å²) in [4.78, 5) is 11.7. The van der Waals surface area contributed by atoms with Gasteiger partial charge < -0.3 is 9.63 Å². The fourth-order valence-electron chi connectivity index (χ4n) is 1.35. The van der Waals surface area contributed by atoms with Crippen LogP contribution in [0.2, 0.25) is 0 Å². The Hall–Kier alpha value is -0.650. The van der Waals surface area contributed by atoms with Crippen LogP contribution in [-0.2, 0) is 20.4 Å². The van der Waals surface area contributed by atoms with Crippen molar-refractivity contribution in [2.75, 3.05) is 19.0 Å². The Labute approximate surface area is 130 Å². The fourth-order valence-corrected chi connectivity index (χ4v) is 3.04. The fraction of sp³-hybridized carbons (Fsp3) is 0.500. The van der Waals surface area contributed by atoms with Gasteiger partial charge in [0.05, 0.1) is 18.6 Å². The highest BCUT2D eigenvalue weighted by molar-refractivity contribution is 8.13. The molecule has 7 heteroatoms. The lowest BCUT2D eigenvalue weighted by Gasteiger charge is -2.18. The molecule has 0 spiro atoms. The molecule has 1 aromatic carbocycles. The lowest BCUT2D eigenvalue weighted by atomic mass is 9.97. The molecule has 1 rings (SSSR count). The zero-order valence-corrected chi connectivity index (χ0v) is 14.1. The van der Waals surface area contributed by atoms with E-state index in [9.17, 15) is 9.36 Å². The van der Waals surface area contributed by atoms with Gasteiger partial charge in [-0.25, -0.2) is 5.09 Å². The Balaban J connectivity index is 2.15. The number of carbonyl (C=O) groups is 1. The summed E-state index contributed by atoms with van der Waals surface area (Å²) in [5.74, 6) is 0.422. The van der Waals surface area contributed by atoms with E-state index < -0.39 is 13.6 Å². The van der Waals surface area contributed by atoms with Crippen molar-refractivity contribution in [1.82, 2.24) is 5.09 Å². The molecule has 1 unspecified atom stereocenters. The van der Waals surface area contributed by atoms with E-state index in [1.807, 2.05) is 30.3 Å². The molecule has 0 saturated carbocycles. The van der Waals surface area contributed by atoms with Gasteiger partial charge in [0.25, 0.3) is 8.18 Å². The van der Waals surface area contributed by atoms with E-state index >= 15 is 0 Å². The third-order valence-electron chi connectivity index (χ3n) is 2.78. The summed E-state index contributed by atoms with van der Waals surface area (Å²) < 4.78 is 16.8. The Morgan fingerprint density at radius 3 is 2.67 bits per heavy atom. The first-order valence-corrected chi connectivity index (χ1v) is 8.98. The van der Waals surface area contributed by atoms with Gasteiger partial charge in [0, 0.05) is 12.3 Å². The predicted octanol–water partition coefficient (Wildman–Crippen LogP) is 2.46. The number of hydrogen-bond acceptors (Lipinski definition) is 5. The molecule has 0 heterocycles. The van der Waals surface area contributed by atoms with Gasteiger partial charge in [-0.2, -0.15) is 0 Å². The van der Waals surface area contributed by atoms with Crippen molar-refractivity contribution in [3.05, 3.63) is 35.9 Å². The van der Waals surface area contributed by atoms with Crippen molar-refractivity contribution in [3.63, 3.8) is 0 Å². The first-order valence-electron chi connectivity index (χ1n) is 6.68. The van der Waals surface area contributed by atoms with Crippen LogP contribution in [0.4, 0.5) is 0 Å². The van der Waals surface area contributed by atoms with Crippen LogP contribution in [0, 0.1) is 5.41 Å². The molecule has 0 radical (unpaired) electrons. The maximum absolute atomic E-state index is 11.7. The molecule has 118 valence electrons. The number of carbonyl (C=O) groups excluding carboxylic acids is 1. The molecule has 0 saturated heterocycles. The molecular formula is C14H22NO4PS. The normalized spacial score (nSPS) is 13.1. The monoisotopic (exact) mass is 331 g/mol. The molecule has 0 fully saturated rings. The second kappa shape index (κ2) is 9.38. The van der Waals surface area contributed by atoms with Gasteiger partial charge in [-0.15, -0.1) is 0 Å². The molecule has 0 aliphatic carbocycles. The number of nitrogens with one attached hydrogen (secondary N) is 1. The van der Waals surface area contributed by atoms with E-state index in [-0.39, 0.29) is 18.3 Å². The highest BCUT2D eigenvalue weighted by Gasteiger charge is 2.26. The van der Waals surface area contributed by atoms with Crippen molar-refractivity contribution in [3.8, 4) is 0 Å². The highest BCUT2D eigenvalue weighted by atomic mass is 32.2. The topological polar surface area (TPSA) is 75.6 Å². The molecule has 0 aliphatic heterocycles. The van der Waals surface area contributed by atoms with Gasteiger partial charge in [0.2, 0.25) is 0 Å². The Morgan fingerprint density at radius 1 is 1.38 bits per heavy atom. The number of thioether (sulfide) groups is 1. The van der Waals surface area contributed by atoms with Gasteiger partial charge in [-0.1, -0.05) is 42.1 Å². The van der Waals surface area contributed by atoms with Gasteiger partial charge in [0.15, 0.2) is 5.12 Å². The predicted molar refractivity (Wildman–Crippen MR) is 86.6 cm³/mol. The summed E-state index contributed by atoms with van der Waals surface area (Å²) in [5, 5.41) is 11.8. The molecule has 2 N–H and O–H groups in total. The van der Waals surface area contributed by atoms with Gasteiger partial charge in [-0.3, -0.25) is 9.36 Å². The molecule has 21 heavy (non-hydrogen) atoms. The molecule has 0 aliphatic rings. The molecule has 1 aromatic rings. The van der Waals surface area contributed by atoms with Crippen LogP contribution >= 0.6 is 19.9 Å². The van der Waals surface area contributed by atoms with Crippen LogP contribution < -0.4 is 5.09 Å². The number of benzene rings is 1. The van der Waals surface area contributed by atoms with Crippen molar-refractivity contribution in [1.29, 1.82) is 0 Å². The van der Waals surface area contributed by atoms with Gasteiger partial charge in [0.1, 0.15) is 0 Å². The van der Waals surface area contributed by atoms with Crippen LogP contribution in [0.5, 0.6) is 0 Å². The van der Waals surface area contributed by atoms with E-state index in [4.69, 9.17) is 9.63 Å². The zero-order chi connectivity index (χ0) is 15.7. The third-order valence-corrected chi connectivity index (χ3v) is 4.89. The smallest absolute Gasteiger partial charge is 0.258 e. The van der Waals surface area contributed by atoms with Crippen LogP contribution in [-0.4, -0.2) is 29.2 Å². The zero-order valence-electron chi connectivity index (χ0n) is 12.3. The minimum absolute atomic E-state index is 0.0921. The number of rotatable bonds is 9. The summed E-state index contributed by atoms with van der Waals surface area (Å²) in [7, 11) is -2.30. The molecule has 5 nitrogen and oxygen atoms in total. The second-order valence-electron chi connectivity index (χ2n) is 5.15. The third kappa shape index (κ3) is 7.25. The van der Waals surface area contributed by atoms with Crippen LogP contribution in [0.3, 0.4) is 0 Å². The van der Waals surface area contributed by atoms with Gasteiger partial charge in [-0.05, 0) is 19.4 Å². The van der Waals surface area contributed by atoms with E-state index in [1.54, 1.807) is 13.8 Å². The summed E-state index contributed by atoms with van der Waals surface area (Å²) in [6.07, 6.45) is 0. The van der Waals surface area contributed by atoms with E-state index in [0.717, 1.165) is 17.3 Å². The second-order valence-corrected chi connectivity index (χ2v) is 7.44. The van der Waals surface area contributed by atoms with Crippen molar-refractivity contribution in [2.24, 2.45) is 5.41 Å². The lowest BCUT2D eigenvalue weighted by molar-refractivity contribution is -0.119. The maximum atomic E-state index is 11.7. The summed E-state index contributed by atoms with van der Waals surface area (Å²) >= 11 is 1.09. The summed E-state index contributed by atoms with van der Waals surface area (Å²) in [6.45, 7) is 3.91. The van der Waals surface area contributed by atoms with E-state index in [1.165, 1.54) is 0 Å². The van der Waals surface area contributed by atoms with Crippen molar-refractivity contribution < 1.29 is 19.0 Å². The minimum atomic E-state index is -2.30. The number of aliphatic hydroxyl groups is 1. The first-order chi connectivity index (χ1) is 9.95. The summed E-state index contributed by atoms with van der Waals surface area (Å²) in [6, 6.07) is 9.63. The quantitative estimate of drug-likeness (QED) is 0.535. The molecule has 0 bridgehead atoms. The molecule has 0 amide bonds. The molecule has 1 atom stereocenters. The summed E-state index contributed by atoms with van der Waals surface area (Å²) in [5.41, 5.74) is 0.287. The van der Waals surface area contributed by atoms with Crippen molar-refractivity contribution >= 4 is 25.1 Å². The number of aliphatic hydroxyl groups excluding tert-OH is 1. The first kappa shape index (κ1) is 18.4. The maximum Gasteiger partial charge on any atom is 0.258 e. The molecule has 0 aromatic heterocycles. The van der Waals surface area contributed by atoms with Crippen LogP contribution in [0.15, 0.2) is 30.3 Å². The average molecular weight is 331 g/mol. The number of hydrogen-bond donors (Lipinski definition) is 2. The van der Waals surface area contributed by atoms with Crippen LogP contribution in [0.25, 0.3) is 0 Å². The Morgan fingerprint density at radius 2 is 2.05 bits per heavy atom. The minimum Gasteiger partial charge on any atom is -0.395 e. The van der Waals surface area contributed by atoms with Crippen molar-refractivity contribution in [2.45, 2.75) is 20.4 Å². The highest BCUT2D eigenvalue weighted by Crippen LogP contribution is 2.24. The standard InChI is InChI=1S/C14H22NO4PS/c1-14(2,11-16)13(17)21-9-8-19-20(18)15-10-12-6-4-3-5-7-12/h3-7,16,20H,8-11H2,1-2H3,(H,15,18).